The lowest BCUT2D eigenvalue weighted by Gasteiger charge is -2.29. The lowest BCUT2D eigenvalue weighted by molar-refractivity contribution is -0.132. The van der Waals surface area contributed by atoms with Gasteiger partial charge in [0.05, 0.1) is 6.54 Å². The first-order chi connectivity index (χ1) is 13.1. The van der Waals surface area contributed by atoms with Crippen molar-refractivity contribution in [3.05, 3.63) is 70.2 Å². The molecule has 0 N–H and O–H groups in total. The van der Waals surface area contributed by atoms with Crippen molar-refractivity contribution >= 4 is 29.3 Å². The quantitative estimate of drug-likeness (QED) is 0.689. The molecule has 2 aromatic rings. The molecule has 1 heterocycles. The van der Waals surface area contributed by atoms with E-state index in [9.17, 15) is 4.79 Å². The third-order valence-corrected chi connectivity index (χ3v) is 6.84. The standard InChI is InChI=1S/C22H25ClN2OS/c1-16-5-4-6-17(13-16)14-24(18-9-10-18)15-21(26)25-11-12-27-22(25)19-7-2-3-8-20(19)23/h2-8,13,18,22H,9-12,14-15H2,1H3/t22-/m1/s1. The third-order valence-electron chi connectivity index (χ3n) is 5.25. The second-order valence-corrected chi connectivity index (χ2v) is 9.05. The van der Waals surface area contributed by atoms with E-state index in [0.717, 1.165) is 29.4 Å². The van der Waals surface area contributed by atoms with Gasteiger partial charge in [0.25, 0.3) is 0 Å². The second kappa shape index (κ2) is 8.26. The van der Waals surface area contributed by atoms with Crippen LogP contribution in [0.2, 0.25) is 5.02 Å². The first-order valence-electron chi connectivity index (χ1n) is 9.57. The number of hydrogen-bond acceptors (Lipinski definition) is 3. The number of halogens is 1. The Kier molecular flexibility index (Phi) is 5.76. The first-order valence-corrected chi connectivity index (χ1v) is 11.0. The smallest absolute Gasteiger partial charge is 0.237 e. The molecular weight excluding hydrogens is 376 g/mol. The van der Waals surface area contributed by atoms with E-state index < -0.39 is 0 Å². The van der Waals surface area contributed by atoms with Crippen LogP contribution in [-0.4, -0.2) is 40.6 Å². The normalized spacial score (nSPS) is 19.7. The number of rotatable bonds is 6. The molecule has 4 rings (SSSR count). The second-order valence-electron chi connectivity index (χ2n) is 7.46. The zero-order valence-corrected chi connectivity index (χ0v) is 17.2. The van der Waals surface area contributed by atoms with Crippen LogP contribution in [0.3, 0.4) is 0 Å². The van der Waals surface area contributed by atoms with Crippen molar-refractivity contribution in [2.45, 2.75) is 37.7 Å². The molecule has 142 valence electrons. The van der Waals surface area contributed by atoms with Crippen molar-refractivity contribution < 1.29 is 4.79 Å². The van der Waals surface area contributed by atoms with Gasteiger partial charge in [0.1, 0.15) is 5.37 Å². The van der Waals surface area contributed by atoms with Crippen molar-refractivity contribution in [3.8, 4) is 0 Å². The molecule has 1 aliphatic heterocycles. The Hall–Kier alpha value is -1.49. The topological polar surface area (TPSA) is 23.6 Å². The van der Waals surface area contributed by atoms with Crippen molar-refractivity contribution in [3.63, 3.8) is 0 Å². The van der Waals surface area contributed by atoms with Gasteiger partial charge in [0.2, 0.25) is 5.91 Å². The number of aryl methyl sites for hydroxylation is 1. The van der Waals surface area contributed by atoms with Gasteiger partial charge in [0, 0.05) is 35.5 Å². The number of amides is 1. The van der Waals surface area contributed by atoms with Crippen LogP contribution in [0.25, 0.3) is 0 Å². The summed E-state index contributed by atoms with van der Waals surface area (Å²) in [6, 6.07) is 17.0. The summed E-state index contributed by atoms with van der Waals surface area (Å²) in [5.74, 6) is 1.17. The molecule has 27 heavy (non-hydrogen) atoms. The van der Waals surface area contributed by atoms with E-state index in [0.29, 0.717) is 12.6 Å². The van der Waals surface area contributed by atoms with E-state index in [-0.39, 0.29) is 11.3 Å². The number of carbonyl (C=O) groups excluding carboxylic acids is 1. The SMILES string of the molecule is Cc1cccc(CN(CC(=O)N2CCS[C@@H]2c2ccccc2Cl)C2CC2)c1. The monoisotopic (exact) mass is 400 g/mol. The molecule has 1 atom stereocenters. The Morgan fingerprint density at radius 3 is 2.78 bits per heavy atom. The summed E-state index contributed by atoms with van der Waals surface area (Å²) in [4.78, 5) is 17.5. The predicted octanol–water partition coefficient (Wildman–Crippen LogP) is 4.89. The van der Waals surface area contributed by atoms with E-state index in [1.54, 1.807) is 11.8 Å². The van der Waals surface area contributed by atoms with Crippen molar-refractivity contribution in [1.29, 1.82) is 0 Å². The Bertz CT molecular complexity index is 823. The molecule has 1 saturated heterocycles. The van der Waals surface area contributed by atoms with Gasteiger partial charge in [0.15, 0.2) is 0 Å². The highest BCUT2D eigenvalue weighted by molar-refractivity contribution is 7.99. The van der Waals surface area contributed by atoms with Crippen LogP contribution in [-0.2, 0) is 11.3 Å². The molecule has 2 aromatic carbocycles. The maximum atomic E-state index is 13.2. The molecule has 0 unspecified atom stereocenters. The Balaban J connectivity index is 1.47. The fourth-order valence-electron chi connectivity index (χ4n) is 3.72. The van der Waals surface area contributed by atoms with E-state index in [1.165, 1.54) is 24.0 Å². The lowest BCUT2D eigenvalue weighted by Crippen LogP contribution is -2.40. The third kappa shape index (κ3) is 4.50. The van der Waals surface area contributed by atoms with Crippen molar-refractivity contribution in [2.75, 3.05) is 18.8 Å². The summed E-state index contributed by atoms with van der Waals surface area (Å²) in [5.41, 5.74) is 3.60. The lowest BCUT2D eigenvalue weighted by atomic mass is 10.1. The molecule has 3 nitrogen and oxygen atoms in total. The molecule has 1 aliphatic carbocycles. The Labute approximate surface area is 170 Å². The van der Waals surface area contributed by atoms with Crippen LogP contribution in [0.15, 0.2) is 48.5 Å². The molecule has 2 aliphatic rings. The maximum absolute atomic E-state index is 13.2. The summed E-state index contributed by atoms with van der Waals surface area (Å²) in [5, 5.41) is 0.778. The maximum Gasteiger partial charge on any atom is 0.237 e. The molecule has 5 heteroatoms. The van der Waals surface area contributed by atoms with Crippen molar-refractivity contribution in [1.82, 2.24) is 9.80 Å². The zero-order chi connectivity index (χ0) is 18.8. The largest absolute Gasteiger partial charge is 0.325 e. The van der Waals surface area contributed by atoms with E-state index in [4.69, 9.17) is 11.6 Å². The van der Waals surface area contributed by atoms with Gasteiger partial charge in [-0.2, -0.15) is 0 Å². The summed E-state index contributed by atoms with van der Waals surface area (Å²) in [6.45, 7) is 4.24. The van der Waals surface area contributed by atoms with Crippen LogP contribution in [0.5, 0.6) is 0 Å². The predicted molar refractivity (Wildman–Crippen MR) is 113 cm³/mol. The van der Waals surface area contributed by atoms with Crippen LogP contribution in [0.1, 0.15) is 34.9 Å². The van der Waals surface area contributed by atoms with Gasteiger partial charge in [-0.1, -0.05) is 59.6 Å². The molecule has 2 fully saturated rings. The van der Waals surface area contributed by atoms with Gasteiger partial charge >= 0.3 is 0 Å². The molecule has 0 aromatic heterocycles. The van der Waals surface area contributed by atoms with Gasteiger partial charge in [-0.15, -0.1) is 11.8 Å². The fourth-order valence-corrected chi connectivity index (χ4v) is 5.34. The average Bonchev–Trinajstić information content (AvgIpc) is 3.38. The Morgan fingerprint density at radius 2 is 2.04 bits per heavy atom. The van der Waals surface area contributed by atoms with Gasteiger partial charge in [-0.05, 0) is 31.4 Å². The minimum atomic E-state index is 0.0335. The average molecular weight is 401 g/mol. The summed E-state index contributed by atoms with van der Waals surface area (Å²) >= 11 is 8.21. The molecule has 0 spiro atoms. The molecule has 1 amide bonds. The highest BCUT2D eigenvalue weighted by atomic mass is 35.5. The summed E-state index contributed by atoms with van der Waals surface area (Å²) in [7, 11) is 0. The number of thioether (sulfide) groups is 1. The van der Waals surface area contributed by atoms with E-state index >= 15 is 0 Å². The zero-order valence-electron chi connectivity index (χ0n) is 15.6. The van der Waals surface area contributed by atoms with Gasteiger partial charge in [-0.25, -0.2) is 0 Å². The number of nitrogens with zero attached hydrogens (tertiary/aromatic N) is 2. The number of hydrogen-bond donors (Lipinski definition) is 0. The van der Waals surface area contributed by atoms with Gasteiger partial charge in [-0.3, -0.25) is 9.69 Å². The van der Waals surface area contributed by atoms with Crippen molar-refractivity contribution in [2.24, 2.45) is 0 Å². The van der Waals surface area contributed by atoms with Crippen LogP contribution in [0, 0.1) is 6.92 Å². The fraction of sp³-hybridized carbons (Fsp3) is 0.409. The Morgan fingerprint density at radius 1 is 1.22 bits per heavy atom. The van der Waals surface area contributed by atoms with Gasteiger partial charge < -0.3 is 4.90 Å². The van der Waals surface area contributed by atoms with E-state index in [1.807, 2.05) is 29.2 Å². The molecule has 0 bridgehead atoms. The number of carbonyl (C=O) groups is 1. The number of benzene rings is 2. The molecular formula is C22H25ClN2OS. The van der Waals surface area contributed by atoms with Crippen LogP contribution < -0.4 is 0 Å². The van der Waals surface area contributed by atoms with E-state index in [2.05, 4.69) is 36.1 Å². The summed E-state index contributed by atoms with van der Waals surface area (Å²) < 4.78 is 0. The van der Waals surface area contributed by atoms with Crippen LogP contribution in [0.4, 0.5) is 0 Å². The van der Waals surface area contributed by atoms with Crippen LogP contribution >= 0.6 is 23.4 Å². The summed E-state index contributed by atoms with van der Waals surface area (Å²) in [6.07, 6.45) is 2.39. The minimum Gasteiger partial charge on any atom is -0.325 e. The minimum absolute atomic E-state index is 0.0335. The first kappa shape index (κ1) is 18.9. The molecule has 0 radical (unpaired) electrons. The molecule has 1 saturated carbocycles. The highest BCUT2D eigenvalue weighted by Crippen LogP contribution is 2.41. The highest BCUT2D eigenvalue weighted by Gasteiger charge is 2.35.